The van der Waals surface area contributed by atoms with Crippen LogP contribution in [0.25, 0.3) is 16.7 Å². The number of nitrogens with zero attached hydrogens (tertiary/aromatic N) is 5. The molecule has 0 bridgehead atoms. The maximum atomic E-state index is 13.2. The molecule has 9 heteroatoms. The standard InChI is InChI=1S/C24H28N6O3/c1-15-11-28(12-16(2)33-15)17(3)19-9-21-22(25-10-19)29(24(31)30-23(21)26-14-27-30)13-18-5-7-20(32-4)8-6-18/h5-10,14-17H,11-13H2,1-4H3/p+1/t15-,16?,17?/m1/s1. The van der Waals surface area contributed by atoms with E-state index in [2.05, 4.69) is 41.8 Å². The Balaban J connectivity index is 1.58. The van der Waals surface area contributed by atoms with Gasteiger partial charge in [-0.15, -0.1) is 0 Å². The first-order valence-corrected chi connectivity index (χ1v) is 11.2. The van der Waals surface area contributed by atoms with Crippen LogP contribution < -0.4 is 15.4 Å². The van der Waals surface area contributed by atoms with E-state index in [1.54, 1.807) is 11.7 Å². The molecule has 4 heterocycles. The zero-order valence-corrected chi connectivity index (χ0v) is 19.4. The lowest BCUT2D eigenvalue weighted by Crippen LogP contribution is -2.46. The lowest BCUT2D eigenvalue weighted by atomic mass is 10.1. The van der Waals surface area contributed by atoms with Crippen molar-refractivity contribution < 1.29 is 14.5 Å². The number of H-pyrrole nitrogens is 1. The maximum Gasteiger partial charge on any atom is 0.425 e. The first kappa shape index (κ1) is 21.5. The quantitative estimate of drug-likeness (QED) is 0.464. The predicted octanol–water partition coefficient (Wildman–Crippen LogP) is 2.09. The Morgan fingerprint density at radius 1 is 1.21 bits per heavy atom. The van der Waals surface area contributed by atoms with Crippen LogP contribution in [0, 0.1) is 0 Å². The van der Waals surface area contributed by atoms with Crippen molar-refractivity contribution in [3.05, 3.63) is 64.5 Å². The van der Waals surface area contributed by atoms with E-state index in [4.69, 9.17) is 14.5 Å². The minimum absolute atomic E-state index is 0.167. The molecule has 0 radical (unpaired) electrons. The van der Waals surface area contributed by atoms with E-state index in [0.717, 1.165) is 35.4 Å². The van der Waals surface area contributed by atoms with Crippen LogP contribution in [0.3, 0.4) is 0 Å². The molecule has 172 valence electrons. The van der Waals surface area contributed by atoms with Gasteiger partial charge >= 0.3 is 5.69 Å². The molecule has 1 aromatic carbocycles. The number of pyridine rings is 1. The van der Waals surface area contributed by atoms with Gasteiger partial charge in [-0.25, -0.2) is 14.8 Å². The van der Waals surface area contributed by atoms with Crippen molar-refractivity contribution in [2.24, 2.45) is 0 Å². The molecule has 0 aliphatic carbocycles. The maximum absolute atomic E-state index is 13.2. The van der Waals surface area contributed by atoms with Crippen molar-refractivity contribution in [1.29, 1.82) is 0 Å². The molecule has 5 rings (SSSR count). The Bertz CT molecular complexity index is 1340. The number of morpholine rings is 1. The van der Waals surface area contributed by atoms with Gasteiger partial charge in [0.1, 0.15) is 5.75 Å². The van der Waals surface area contributed by atoms with Crippen LogP contribution in [0.1, 0.15) is 37.9 Å². The molecule has 1 saturated heterocycles. The Kier molecular flexibility index (Phi) is 5.59. The highest BCUT2D eigenvalue weighted by Gasteiger charge is 2.28. The third-order valence-corrected chi connectivity index (χ3v) is 6.37. The fourth-order valence-electron chi connectivity index (χ4n) is 4.70. The van der Waals surface area contributed by atoms with E-state index in [1.165, 1.54) is 10.8 Å². The van der Waals surface area contributed by atoms with Gasteiger partial charge in [-0.2, -0.15) is 0 Å². The molecule has 1 aliphatic heterocycles. The van der Waals surface area contributed by atoms with Gasteiger partial charge in [-0.1, -0.05) is 12.1 Å². The van der Waals surface area contributed by atoms with Crippen LogP contribution in [-0.2, 0) is 11.3 Å². The Hall–Kier alpha value is -3.30. The summed E-state index contributed by atoms with van der Waals surface area (Å²) in [6.45, 7) is 8.53. The van der Waals surface area contributed by atoms with E-state index < -0.39 is 0 Å². The lowest BCUT2D eigenvalue weighted by Gasteiger charge is -2.39. The molecular weight excluding hydrogens is 420 g/mol. The SMILES string of the molecule is COc1ccc(Cn2c(=O)n3nc[nH+]c3c3cc(C(C)N4CC(C)O[C@H](C)C4)cnc32)cc1. The van der Waals surface area contributed by atoms with Crippen LogP contribution in [0.15, 0.2) is 47.7 Å². The van der Waals surface area contributed by atoms with E-state index >= 15 is 0 Å². The smallest absolute Gasteiger partial charge is 0.425 e. The van der Waals surface area contributed by atoms with E-state index in [-0.39, 0.29) is 23.9 Å². The van der Waals surface area contributed by atoms with Crippen molar-refractivity contribution in [2.45, 2.75) is 45.6 Å². The minimum atomic E-state index is -0.237. The summed E-state index contributed by atoms with van der Waals surface area (Å²) in [5.74, 6) is 0.775. The number of hydrogen-bond donors (Lipinski definition) is 0. The second kappa shape index (κ2) is 8.57. The van der Waals surface area contributed by atoms with Gasteiger partial charge in [0, 0.05) is 30.4 Å². The number of aromatic nitrogens is 5. The van der Waals surface area contributed by atoms with Crippen molar-refractivity contribution in [2.75, 3.05) is 20.2 Å². The molecule has 3 aromatic heterocycles. The Morgan fingerprint density at radius 2 is 1.94 bits per heavy atom. The first-order valence-electron chi connectivity index (χ1n) is 11.2. The predicted molar refractivity (Wildman–Crippen MR) is 123 cm³/mol. The highest BCUT2D eigenvalue weighted by molar-refractivity contribution is 5.87. The number of ether oxygens (including phenoxy) is 2. The fourth-order valence-corrected chi connectivity index (χ4v) is 4.70. The van der Waals surface area contributed by atoms with Crippen LogP contribution >= 0.6 is 0 Å². The fraction of sp³-hybridized carbons (Fsp3) is 0.417. The van der Waals surface area contributed by atoms with Crippen LogP contribution in [0.2, 0.25) is 0 Å². The normalized spacial score (nSPS) is 20.4. The second-order valence-electron chi connectivity index (χ2n) is 8.79. The number of benzene rings is 1. The third-order valence-electron chi connectivity index (χ3n) is 6.37. The monoisotopic (exact) mass is 449 g/mol. The van der Waals surface area contributed by atoms with Gasteiger partial charge in [-0.3, -0.25) is 9.47 Å². The molecule has 33 heavy (non-hydrogen) atoms. The molecule has 9 nitrogen and oxygen atoms in total. The molecule has 1 N–H and O–H groups in total. The van der Waals surface area contributed by atoms with E-state index in [9.17, 15) is 4.79 Å². The lowest BCUT2D eigenvalue weighted by molar-refractivity contribution is -0.345. The van der Waals surface area contributed by atoms with Crippen molar-refractivity contribution in [1.82, 2.24) is 24.1 Å². The number of rotatable bonds is 5. The first-order chi connectivity index (χ1) is 15.9. The summed E-state index contributed by atoms with van der Waals surface area (Å²) in [5.41, 5.74) is 3.10. The number of fused-ring (bicyclic) bond motifs is 3. The molecule has 1 fully saturated rings. The highest BCUT2D eigenvalue weighted by Crippen LogP contribution is 2.27. The van der Waals surface area contributed by atoms with Crippen LogP contribution in [0.4, 0.5) is 0 Å². The van der Waals surface area contributed by atoms with Crippen molar-refractivity contribution in [3.8, 4) is 5.75 Å². The molecule has 0 spiro atoms. The summed E-state index contributed by atoms with van der Waals surface area (Å²) in [7, 11) is 1.63. The Morgan fingerprint density at radius 3 is 2.64 bits per heavy atom. The number of aromatic amines is 1. The van der Waals surface area contributed by atoms with Gasteiger partial charge in [0.05, 0.1) is 31.2 Å². The molecule has 4 aromatic rings. The molecule has 3 atom stereocenters. The molecule has 0 amide bonds. The highest BCUT2D eigenvalue weighted by atomic mass is 16.5. The number of hydrogen-bond acceptors (Lipinski definition) is 6. The van der Waals surface area contributed by atoms with Gasteiger partial charge in [0.15, 0.2) is 5.65 Å². The average Bonchev–Trinajstić information content (AvgIpc) is 3.31. The van der Waals surface area contributed by atoms with Crippen molar-refractivity contribution in [3.63, 3.8) is 0 Å². The molecule has 1 aliphatic rings. The summed E-state index contributed by atoms with van der Waals surface area (Å²) in [5, 5.41) is 5.10. The summed E-state index contributed by atoms with van der Waals surface area (Å²) in [4.78, 5) is 23.5. The van der Waals surface area contributed by atoms with Gasteiger partial charge in [-0.05, 0) is 54.6 Å². The topological polar surface area (TPSA) is 88.0 Å². The zero-order chi connectivity index (χ0) is 23.1. The summed E-state index contributed by atoms with van der Waals surface area (Å²) < 4.78 is 14.2. The minimum Gasteiger partial charge on any atom is -0.497 e. The van der Waals surface area contributed by atoms with Crippen LogP contribution in [-0.4, -0.2) is 56.5 Å². The van der Waals surface area contributed by atoms with Crippen LogP contribution in [0.5, 0.6) is 5.75 Å². The van der Waals surface area contributed by atoms with Gasteiger partial charge in [0.2, 0.25) is 0 Å². The summed E-state index contributed by atoms with van der Waals surface area (Å²) in [6.07, 6.45) is 3.80. The average molecular weight is 450 g/mol. The number of nitrogens with one attached hydrogen (secondary N) is 1. The molecule has 2 unspecified atom stereocenters. The molecule has 0 saturated carbocycles. The molecular formula is C24H29N6O3+. The van der Waals surface area contributed by atoms with E-state index in [0.29, 0.717) is 17.8 Å². The Labute approximate surface area is 191 Å². The second-order valence-corrected chi connectivity index (χ2v) is 8.79. The van der Waals surface area contributed by atoms with Gasteiger partial charge < -0.3 is 9.47 Å². The summed E-state index contributed by atoms with van der Waals surface area (Å²) in [6, 6.07) is 9.97. The number of methoxy groups -OCH3 is 1. The largest absolute Gasteiger partial charge is 0.497 e. The van der Waals surface area contributed by atoms with Crippen molar-refractivity contribution >= 4 is 16.7 Å². The van der Waals surface area contributed by atoms with E-state index in [1.807, 2.05) is 30.5 Å². The van der Waals surface area contributed by atoms with Gasteiger partial charge in [0.25, 0.3) is 12.0 Å². The third kappa shape index (κ3) is 3.98. The summed E-state index contributed by atoms with van der Waals surface area (Å²) >= 11 is 0. The zero-order valence-electron chi connectivity index (χ0n) is 19.4.